The number of cyclic esters (lactones) is 2. The van der Waals surface area contributed by atoms with E-state index in [1.165, 1.54) is 13.8 Å². The summed E-state index contributed by atoms with van der Waals surface area (Å²) in [5, 5.41) is 8.79. The fourth-order valence-electron chi connectivity index (χ4n) is 2.01. The fourth-order valence-corrected chi connectivity index (χ4v) is 2.01. The number of carbonyl (C=O) groups excluding carboxylic acids is 2. The van der Waals surface area contributed by atoms with E-state index in [1.807, 2.05) is 0 Å². The molecule has 134 valence electrons. The van der Waals surface area contributed by atoms with E-state index in [0.717, 1.165) is 12.1 Å². The van der Waals surface area contributed by atoms with E-state index in [2.05, 4.69) is 4.99 Å². The topological polar surface area (TPSA) is 102 Å². The molecule has 0 radical (unpaired) electrons. The molecular formula is C15H12F3NO6. The second-order valence-corrected chi connectivity index (χ2v) is 5.53. The van der Waals surface area contributed by atoms with Crippen LogP contribution in [0.3, 0.4) is 0 Å². The first-order valence-electron chi connectivity index (χ1n) is 6.85. The summed E-state index contributed by atoms with van der Waals surface area (Å²) in [5.74, 6) is -6.66. The summed E-state index contributed by atoms with van der Waals surface area (Å²) in [4.78, 5) is 37.8. The normalized spacial score (nSPS) is 18.1. The number of nitrogens with zero attached hydrogens (tertiary/aromatic N) is 1. The molecule has 7 nitrogen and oxygen atoms in total. The zero-order chi connectivity index (χ0) is 19.0. The van der Waals surface area contributed by atoms with Crippen molar-refractivity contribution < 1.29 is 42.1 Å². The molecule has 0 bridgehead atoms. The van der Waals surface area contributed by atoms with Gasteiger partial charge in [0.1, 0.15) is 0 Å². The highest BCUT2D eigenvalue weighted by atomic mass is 19.4. The molecule has 1 aliphatic rings. The molecule has 0 spiro atoms. The number of hydrogen-bond donors (Lipinski definition) is 1. The Bertz CT molecular complexity index is 749. The van der Waals surface area contributed by atoms with Crippen LogP contribution in [0.15, 0.2) is 23.2 Å². The summed E-state index contributed by atoms with van der Waals surface area (Å²) in [6, 6.07) is 2.16. The fraction of sp³-hybridized carbons (Fsp3) is 0.333. The van der Waals surface area contributed by atoms with Gasteiger partial charge in [-0.1, -0.05) is 0 Å². The Morgan fingerprint density at radius 1 is 1.24 bits per heavy atom. The van der Waals surface area contributed by atoms with Gasteiger partial charge < -0.3 is 14.6 Å². The smallest absolute Gasteiger partial charge is 0.418 e. The molecule has 0 aliphatic carbocycles. The third-order valence-electron chi connectivity index (χ3n) is 3.11. The minimum atomic E-state index is -4.88. The molecule has 1 aromatic carbocycles. The maximum absolute atomic E-state index is 13.1. The Hall–Kier alpha value is -2.91. The van der Waals surface area contributed by atoms with Crippen LogP contribution in [0, 0.1) is 5.92 Å². The van der Waals surface area contributed by atoms with Crippen LogP contribution in [0.4, 0.5) is 18.9 Å². The van der Waals surface area contributed by atoms with Gasteiger partial charge in [0.25, 0.3) is 5.79 Å². The predicted molar refractivity (Wildman–Crippen MR) is 76.3 cm³/mol. The molecular weight excluding hydrogens is 347 g/mol. The molecule has 1 aliphatic heterocycles. The number of carbonyl (C=O) groups is 3. The van der Waals surface area contributed by atoms with Crippen molar-refractivity contribution in [3.05, 3.63) is 29.3 Å². The van der Waals surface area contributed by atoms with Crippen LogP contribution in [0.2, 0.25) is 0 Å². The molecule has 25 heavy (non-hydrogen) atoms. The van der Waals surface area contributed by atoms with Gasteiger partial charge in [0.15, 0.2) is 5.92 Å². The maximum atomic E-state index is 13.1. The van der Waals surface area contributed by atoms with Gasteiger partial charge in [0.05, 0.1) is 16.8 Å². The summed E-state index contributed by atoms with van der Waals surface area (Å²) >= 11 is 0. The van der Waals surface area contributed by atoms with E-state index < -0.39 is 52.6 Å². The zero-order valence-electron chi connectivity index (χ0n) is 13.0. The van der Waals surface area contributed by atoms with E-state index in [1.54, 1.807) is 0 Å². The standard InChI is InChI=1S/C15H12F3NO6/c1-14(2)24-12(22)8(13(23)25-14)6-19-10-4-3-7(11(20)21)5-9(10)15(16,17)18/h3-6,8H,1-2H3,(H,20,21). The van der Waals surface area contributed by atoms with Gasteiger partial charge in [-0.2, -0.15) is 13.2 Å². The second-order valence-electron chi connectivity index (χ2n) is 5.53. The number of esters is 2. The number of benzene rings is 1. The number of carboxylic acid groups (broad SMARTS) is 1. The van der Waals surface area contributed by atoms with Crippen LogP contribution >= 0.6 is 0 Å². The van der Waals surface area contributed by atoms with Gasteiger partial charge in [0, 0.05) is 20.1 Å². The molecule has 1 heterocycles. The number of ether oxygens (including phenoxy) is 2. The molecule has 1 aromatic rings. The highest BCUT2D eigenvalue weighted by Crippen LogP contribution is 2.37. The number of aliphatic imine (C=N–C) groups is 1. The Labute approximate surface area is 139 Å². The van der Waals surface area contributed by atoms with Crippen LogP contribution in [0.5, 0.6) is 0 Å². The van der Waals surface area contributed by atoms with Crippen molar-refractivity contribution in [2.45, 2.75) is 25.8 Å². The first-order chi connectivity index (χ1) is 11.4. The monoisotopic (exact) mass is 359 g/mol. The average Bonchev–Trinajstić information content (AvgIpc) is 2.43. The van der Waals surface area contributed by atoms with Crippen LogP contribution in [-0.4, -0.2) is 35.0 Å². The number of aromatic carboxylic acids is 1. The van der Waals surface area contributed by atoms with E-state index >= 15 is 0 Å². The Balaban J connectivity index is 2.36. The lowest BCUT2D eigenvalue weighted by Gasteiger charge is -2.31. The summed E-state index contributed by atoms with van der Waals surface area (Å²) < 4.78 is 48.8. The van der Waals surface area contributed by atoms with Crippen molar-refractivity contribution in [3.63, 3.8) is 0 Å². The van der Waals surface area contributed by atoms with Crippen LogP contribution < -0.4 is 0 Å². The largest absolute Gasteiger partial charge is 0.478 e. The molecule has 0 atom stereocenters. The van der Waals surface area contributed by atoms with Crippen LogP contribution in [0.1, 0.15) is 29.8 Å². The van der Waals surface area contributed by atoms with E-state index in [0.29, 0.717) is 12.3 Å². The molecule has 1 N–H and O–H groups in total. The number of halogens is 3. The van der Waals surface area contributed by atoms with Crippen molar-refractivity contribution in [2.75, 3.05) is 0 Å². The molecule has 2 rings (SSSR count). The Morgan fingerprint density at radius 2 is 1.80 bits per heavy atom. The summed E-state index contributed by atoms with van der Waals surface area (Å²) in [7, 11) is 0. The van der Waals surface area contributed by atoms with Gasteiger partial charge in [-0.05, 0) is 18.2 Å². The molecule has 0 saturated carbocycles. The first-order valence-corrected chi connectivity index (χ1v) is 6.85. The van der Waals surface area contributed by atoms with Crippen LogP contribution in [0.25, 0.3) is 0 Å². The number of hydrogen-bond acceptors (Lipinski definition) is 6. The summed E-state index contributed by atoms with van der Waals surface area (Å²) in [6.07, 6.45) is -4.21. The quantitative estimate of drug-likeness (QED) is 0.505. The highest BCUT2D eigenvalue weighted by Gasteiger charge is 2.42. The lowest BCUT2D eigenvalue weighted by Crippen LogP contribution is -2.46. The number of rotatable bonds is 3. The lowest BCUT2D eigenvalue weighted by atomic mass is 10.1. The van der Waals surface area contributed by atoms with Gasteiger partial charge in [-0.3, -0.25) is 14.6 Å². The van der Waals surface area contributed by atoms with Crippen molar-refractivity contribution in [3.8, 4) is 0 Å². The van der Waals surface area contributed by atoms with Crippen molar-refractivity contribution in [1.82, 2.24) is 0 Å². The number of alkyl halides is 3. The molecule has 1 fully saturated rings. The highest BCUT2D eigenvalue weighted by molar-refractivity contribution is 6.10. The van der Waals surface area contributed by atoms with Gasteiger partial charge >= 0.3 is 24.1 Å². The lowest BCUT2D eigenvalue weighted by molar-refractivity contribution is -0.235. The molecule has 0 unspecified atom stereocenters. The molecule has 1 saturated heterocycles. The van der Waals surface area contributed by atoms with Crippen molar-refractivity contribution in [1.29, 1.82) is 0 Å². The van der Waals surface area contributed by atoms with Crippen molar-refractivity contribution in [2.24, 2.45) is 10.9 Å². The SMILES string of the molecule is CC1(C)OC(=O)C(C=Nc2ccc(C(=O)O)cc2C(F)(F)F)C(=O)O1. The van der Waals surface area contributed by atoms with Gasteiger partial charge in [0.2, 0.25) is 0 Å². The van der Waals surface area contributed by atoms with Crippen molar-refractivity contribution >= 4 is 29.8 Å². The van der Waals surface area contributed by atoms with E-state index in [4.69, 9.17) is 14.6 Å². The van der Waals surface area contributed by atoms with E-state index in [-0.39, 0.29) is 0 Å². The third-order valence-corrected chi connectivity index (χ3v) is 3.11. The van der Waals surface area contributed by atoms with Gasteiger partial charge in [-0.25, -0.2) is 4.79 Å². The van der Waals surface area contributed by atoms with Crippen LogP contribution in [-0.2, 0) is 25.2 Å². The van der Waals surface area contributed by atoms with Gasteiger partial charge in [-0.15, -0.1) is 0 Å². The maximum Gasteiger partial charge on any atom is 0.418 e. The summed E-state index contributed by atoms with van der Waals surface area (Å²) in [5.41, 5.74) is -2.55. The molecule has 0 aromatic heterocycles. The molecule has 10 heteroatoms. The number of carboxylic acids is 1. The Morgan fingerprint density at radius 3 is 2.28 bits per heavy atom. The second kappa shape index (κ2) is 6.19. The Kier molecular flexibility index (Phi) is 4.56. The predicted octanol–water partition coefficient (Wildman–Crippen LogP) is 2.56. The third kappa shape index (κ3) is 4.14. The molecule has 0 amide bonds. The minimum Gasteiger partial charge on any atom is -0.478 e. The zero-order valence-corrected chi connectivity index (χ0v) is 13.0. The minimum absolute atomic E-state index is 0.412. The first kappa shape index (κ1) is 18.4. The summed E-state index contributed by atoms with van der Waals surface area (Å²) in [6.45, 7) is 2.64. The van der Waals surface area contributed by atoms with E-state index in [9.17, 15) is 27.6 Å². The average molecular weight is 359 g/mol.